The number of carbonyl (C=O) groups excluding carboxylic acids is 1. The Labute approximate surface area is 222 Å². The number of halogens is 4. The highest BCUT2D eigenvalue weighted by molar-refractivity contribution is 7.85. The number of nitrogens with zero attached hydrogens (tertiary/aromatic N) is 3. The van der Waals surface area contributed by atoms with E-state index in [1.807, 2.05) is 24.3 Å². The van der Waals surface area contributed by atoms with Gasteiger partial charge < -0.3 is 20.3 Å². The number of hydrogen-bond acceptors (Lipinski definition) is 7. The minimum atomic E-state index is -4.63. The zero-order valence-electron chi connectivity index (χ0n) is 20.0. The first kappa shape index (κ1) is 29.0. The van der Waals surface area contributed by atoms with Gasteiger partial charge in [-0.15, -0.1) is 0 Å². The third-order valence-corrected chi connectivity index (χ3v) is 6.68. The molecule has 2 heterocycles. The minimum Gasteiger partial charge on any atom is -0.497 e. The molecule has 0 aliphatic carbocycles. The average molecular weight is 573 g/mol. The quantitative estimate of drug-likeness (QED) is 0.437. The van der Waals surface area contributed by atoms with Gasteiger partial charge in [-0.3, -0.25) is 9.35 Å². The van der Waals surface area contributed by atoms with Crippen LogP contribution >= 0.6 is 11.6 Å². The second kappa shape index (κ2) is 11.9. The van der Waals surface area contributed by atoms with Crippen LogP contribution in [-0.4, -0.2) is 57.2 Å². The molecule has 1 fully saturated rings. The number of aromatic nitrogens is 1. The van der Waals surface area contributed by atoms with Crippen LogP contribution in [0.1, 0.15) is 15.9 Å². The van der Waals surface area contributed by atoms with Crippen LogP contribution in [0, 0.1) is 0 Å². The predicted molar refractivity (Wildman–Crippen MR) is 136 cm³/mol. The van der Waals surface area contributed by atoms with Gasteiger partial charge in [0.2, 0.25) is 5.91 Å². The normalized spacial score (nSPS) is 13.9. The number of carbonyl (C=O) groups is 1. The van der Waals surface area contributed by atoms with Crippen LogP contribution in [-0.2, 0) is 16.3 Å². The number of primary amides is 1. The Morgan fingerprint density at radius 1 is 1.03 bits per heavy atom. The topological polar surface area (TPSA) is 126 Å². The molecule has 2 aromatic carbocycles. The second-order valence-electron chi connectivity index (χ2n) is 8.05. The van der Waals surface area contributed by atoms with Crippen molar-refractivity contribution in [2.45, 2.75) is 11.1 Å². The van der Waals surface area contributed by atoms with Crippen molar-refractivity contribution in [3.63, 3.8) is 0 Å². The van der Waals surface area contributed by atoms with E-state index in [0.29, 0.717) is 11.9 Å². The highest BCUT2D eigenvalue weighted by Crippen LogP contribution is 2.33. The number of nitrogens with two attached hydrogens (primary N) is 1. The summed E-state index contributed by atoms with van der Waals surface area (Å²) in [4.78, 5) is 19.0. The summed E-state index contributed by atoms with van der Waals surface area (Å²) in [7, 11) is -2.55. The fraction of sp³-hybridized carbons (Fsp3) is 0.250. The summed E-state index contributed by atoms with van der Waals surface area (Å²) < 4.78 is 73.2. The molecule has 0 spiro atoms. The van der Waals surface area contributed by atoms with Crippen molar-refractivity contribution >= 4 is 39.1 Å². The maximum atomic E-state index is 12.3. The number of anilines is 2. The lowest BCUT2D eigenvalue weighted by Crippen LogP contribution is -2.46. The molecule has 9 nitrogen and oxygen atoms in total. The van der Waals surface area contributed by atoms with Crippen molar-refractivity contribution in [3.05, 3.63) is 76.9 Å². The van der Waals surface area contributed by atoms with Gasteiger partial charge in [0.25, 0.3) is 10.1 Å². The number of methoxy groups -OCH3 is 1. The zero-order valence-corrected chi connectivity index (χ0v) is 21.6. The highest BCUT2D eigenvalue weighted by atomic mass is 35.5. The molecule has 0 radical (unpaired) electrons. The summed E-state index contributed by atoms with van der Waals surface area (Å²) in [6.45, 7) is 3.25. The first-order valence-electron chi connectivity index (χ1n) is 11.0. The van der Waals surface area contributed by atoms with E-state index in [9.17, 15) is 26.4 Å². The molecular weight excluding hydrogens is 549 g/mol. The van der Waals surface area contributed by atoms with Crippen molar-refractivity contribution in [3.8, 4) is 5.75 Å². The van der Waals surface area contributed by atoms with Crippen molar-refractivity contribution < 1.29 is 35.7 Å². The Kier molecular flexibility index (Phi) is 9.07. The molecule has 3 N–H and O–H groups in total. The van der Waals surface area contributed by atoms with E-state index in [2.05, 4.69) is 14.8 Å². The fourth-order valence-electron chi connectivity index (χ4n) is 3.66. The molecule has 0 bridgehead atoms. The van der Waals surface area contributed by atoms with Gasteiger partial charge in [-0.2, -0.15) is 21.6 Å². The maximum Gasteiger partial charge on any atom is 0.417 e. The summed E-state index contributed by atoms with van der Waals surface area (Å²) in [5.74, 6) is 0.409. The van der Waals surface area contributed by atoms with E-state index >= 15 is 0 Å². The number of piperazine rings is 1. The zero-order chi connectivity index (χ0) is 28.1. The summed E-state index contributed by atoms with van der Waals surface area (Å²) in [5.41, 5.74) is 4.23. The number of pyridine rings is 1. The van der Waals surface area contributed by atoms with Crippen LogP contribution in [0.25, 0.3) is 0 Å². The van der Waals surface area contributed by atoms with E-state index in [0.717, 1.165) is 43.7 Å². The van der Waals surface area contributed by atoms with Crippen molar-refractivity contribution in [2.75, 3.05) is 43.1 Å². The van der Waals surface area contributed by atoms with E-state index in [1.54, 1.807) is 13.2 Å². The Hall–Kier alpha value is -3.55. The summed E-state index contributed by atoms with van der Waals surface area (Å²) in [6.07, 6.45) is -3.45. The molecule has 1 aliphatic heterocycles. The molecule has 3 aromatic rings. The molecular formula is C24H24ClF3N4O5S. The van der Waals surface area contributed by atoms with Crippen LogP contribution in [0.2, 0.25) is 5.02 Å². The third-order valence-electron chi connectivity index (χ3n) is 5.61. The molecule has 1 saturated heterocycles. The molecule has 1 aliphatic rings. The Morgan fingerprint density at radius 3 is 2.11 bits per heavy atom. The van der Waals surface area contributed by atoms with E-state index < -0.39 is 33.3 Å². The van der Waals surface area contributed by atoms with Gasteiger partial charge in [0, 0.05) is 36.9 Å². The van der Waals surface area contributed by atoms with Gasteiger partial charge in [-0.1, -0.05) is 11.6 Å². The molecule has 1 amide bonds. The van der Waals surface area contributed by atoms with Crippen LogP contribution in [0.3, 0.4) is 0 Å². The largest absolute Gasteiger partial charge is 0.497 e. The molecule has 14 heteroatoms. The third kappa shape index (κ3) is 7.49. The monoisotopic (exact) mass is 572 g/mol. The van der Waals surface area contributed by atoms with Crippen LogP contribution < -0.4 is 20.3 Å². The number of alkyl halides is 3. The number of ether oxygens (including phenoxy) is 1. The van der Waals surface area contributed by atoms with Gasteiger partial charge in [0.05, 0.1) is 24.4 Å². The number of amides is 1. The van der Waals surface area contributed by atoms with Gasteiger partial charge in [-0.25, -0.2) is 4.98 Å². The lowest BCUT2D eigenvalue weighted by molar-refractivity contribution is -0.137. The molecule has 4 rings (SSSR count). The lowest BCUT2D eigenvalue weighted by Gasteiger charge is -2.36. The Morgan fingerprint density at radius 2 is 1.63 bits per heavy atom. The molecule has 0 atom stereocenters. The van der Waals surface area contributed by atoms with Gasteiger partial charge in [0.1, 0.15) is 16.5 Å². The summed E-state index contributed by atoms with van der Waals surface area (Å²) in [5, 5.41) is -0.0951. The summed E-state index contributed by atoms with van der Waals surface area (Å²) >= 11 is 5.38. The van der Waals surface area contributed by atoms with Gasteiger partial charge in [-0.05, 0) is 54.6 Å². The average Bonchev–Trinajstić information content (AvgIpc) is 2.88. The number of hydrogen-bond donors (Lipinski definition) is 2. The summed E-state index contributed by atoms with van der Waals surface area (Å²) in [6, 6.07) is 13.7. The Balaban J connectivity index is 0.000000244. The van der Waals surface area contributed by atoms with Crippen molar-refractivity contribution in [1.29, 1.82) is 0 Å². The minimum absolute atomic E-state index is 0.0951. The first-order valence-corrected chi connectivity index (χ1v) is 12.9. The standard InChI is InChI=1S/C16H19N3O4S.C8H5ClF3NO/c1-23-14-4-2-13(3-5-14)18-8-10-19(11-9-18)16-7-6-15(12-17-16)24(20,21)22;9-4-1-2-5(7(13)14)6(3-4)8(10,11)12/h2-7,12H,8-11H2,1H3,(H,20,21,22);1-3H,(H2,13,14). The fourth-order valence-corrected chi connectivity index (χ4v) is 4.26. The number of rotatable bonds is 5. The van der Waals surface area contributed by atoms with E-state index in [1.165, 1.54) is 18.3 Å². The molecule has 204 valence electrons. The molecule has 0 unspecified atom stereocenters. The lowest BCUT2D eigenvalue weighted by atomic mass is 10.1. The molecule has 38 heavy (non-hydrogen) atoms. The second-order valence-corrected chi connectivity index (χ2v) is 9.91. The van der Waals surface area contributed by atoms with E-state index in [4.69, 9.17) is 26.6 Å². The first-order chi connectivity index (χ1) is 17.8. The maximum absolute atomic E-state index is 12.3. The van der Waals surface area contributed by atoms with Crippen molar-refractivity contribution in [1.82, 2.24) is 4.98 Å². The smallest absolute Gasteiger partial charge is 0.417 e. The van der Waals surface area contributed by atoms with Crippen molar-refractivity contribution in [2.24, 2.45) is 5.73 Å². The molecule has 0 saturated carbocycles. The Bertz CT molecular complexity index is 1360. The van der Waals surface area contributed by atoms with E-state index in [-0.39, 0.29) is 9.92 Å². The van der Waals surface area contributed by atoms with Crippen LogP contribution in [0.5, 0.6) is 5.75 Å². The SMILES string of the molecule is COc1ccc(N2CCN(c3ccc(S(=O)(=O)O)cn3)CC2)cc1.NC(=O)c1ccc(Cl)cc1C(F)(F)F. The highest BCUT2D eigenvalue weighted by Gasteiger charge is 2.34. The van der Waals surface area contributed by atoms with Crippen LogP contribution in [0.15, 0.2) is 65.7 Å². The van der Waals surface area contributed by atoms with Crippen LogP contribution in [0.4, 0.5) is 24.7 Å². The van der Waals surface area contributed by atoms with Gasteiger partial charge in [0.15, 0.2) is 0 Å². The van der Waals surface area contributed by atoms with Gasteiger partial charge >= 0.3 is 6.18 Å². The number of benzene rings is 2. The predicted octanol–water partition coefficient (Wildman–Crippen LogP) is 4.12. The molecule has 1 aromatic heterocycles.